The molecule has 2 aromatic carbocycles. The molecule has 0 aliphatic carbocycles. The molecule has 0 aromatic heterocycles. The van der Waals surface area contributed by atoms with Crippen LogP contribution in [0.25, 0.3) is 0 Å². The van der Waals surface area contributed by atoms with Crippen molar-refractivity contribution in [2.45, 2.75) is 24.4 Å². The molecule has 168 valence electrons. The molecule has 1 fully saturated rings. The maximum absolute atomic E-state index is 14.1. The molecule has 2 aliphatic heterocycles. The number of carbonyl (C=O) groups is 3. The third kappa shape index (κ3) is 3.52. The summed E-state index contributed by atoms with van der Waals surface area (Å²) in [5.74, 6) is -2.18. The Morgan fingerprint density at radius 3 is 2.69 bits per heavy atom. The van der Waals surface area contributed by atoms with Crippen molar-refractivity contribution in [2.75, 3.05) is 24.9 Å². The van der Waals surface area contributed by atoms with E-state index >= 15 is 0 Å². The Morgan fingerprint density at radius 2 is 2.00 bits per heavy atom. The normalized spacial score (nSPS) is 23.5. The fourth-order valence-corrected chi connectivity index (χ4v) is 4.54. The fraction of sp³-hybridized carbons (Fsp3) is 0.318. The number of halogens is 1. The van der Waals surface area contributed by atoms with Gasteiger partial charge in [0.25, 0.3) is 0 Å². The third-order valence-corrected chi connectivity index (χ3v) is 5.92. The van der Waals surface area contributed by atoms with E-state index in [0.29, 0.717) is 28.4 Å². The zero-order chi connectivity index (χ0) is 23.0. The predicted octanol–water partition coefficient (Wildman–Crippen LogP) is 1.48. The van der Waals surface area contributed by atoms with Crippen LogP contribution in [0.1, 0.15) is 18.4 Å². The lowest BCUT2D eigenvalue weighted by atomic mass is 9.79. The Hall–Kier alpha value is -3.66. The number of rotatable bonds is 6. The van der Waals surface area contributed by atoms with Crippen LogP contribution >= 0.6 is 0 Å². The minimum absolute atomic E-state index is 0.0774. The Kier molecular flexibility index (Phi) is 5.47. The first-order valence-corrected chi connectivity index (χ1v) is 9.99. The first-order chi connectivity index (χ1) is 15.3. The standard InChI is InChI=1S/C22H23FN4O5/c1-31-13-4-6-18(32-2)17(10-13)25-20(29)15-8-12(9-19(24)28)27-22(15)14-7-11(23)3-5-16(14)26-21(22)30/h3-7,10,12,15,27H,8-9H2,1-2H3,(H2,24,28)(H,25,29)(H,26,30)/t12-,15-,22+/m1/s1. The summed E-state index contributed by atoms with van der Waals surface area (Å²) in [6.07, 6.45) is 0.0658. The number of methoxy groups -OCH3 is 2. The van der Waals surface area contributed by atoms with Crippen molar-refractivity contribution >= 4 is 29.1 Å². The zero-order valence-electron chi connectivity index (χ0n) is 17.5. The molecule has 10 heteroatoms. The van der Waals surface area contributed by atoms with Crippen molar-refractivity contribution in [2.24, 2.45) is 11.7 Å². The fourth-order valence-electron chi connectivity index (χ4n) is 4.54. The highest BCUT2D eigenvalue weighted by molar-refractivity contribution is 6.11. The second-order valence-corrected chi connectivity index (χ2v) is 7.81. The van der Waals surface area contributed by atoms with E-state index in [2.05, 4.69) is 16.0 Å². The van der Waals surface area contributed by atoms with Gasteiger partial charge in [-0.25, -0.2) is 4.39 Å². The van der Waals surface area contributed by atoms with Crippen LogP contribution in [0.2, 0.25) is 0 Å². The highest BCUT2D eigenvalue weighted by Crippen LogP contribution is 2.48. The Labute approximate surface area is 183 Å². The summed E-state index contributed by atoms with van der Waals surface area (Å²) in [4.78, 5) is 38.2. The largest absolute Gasteiger partial charge is 0.497 e. The van der Waals surface area contributed by atoms with E-state index in [1.54, 1.807) is 18.2 Å². The summed E-state index contributed by atoms with van der Waals surface area (Å²) < 4.78 is 24.7. The van der Waals surface area contributed by atoms with Gasteiger partial charge >= 0.3 is 0 Å². The van der Waals surface area contributed by atoms with Gasteiger partial charge in [-0.3, -0.25) is 19.7 Å². The summed E-state index contributed by atoms with van der Waals surface area (Å²) in [6, 6.07) is 8.26. The van der Waals surface area contributed by atoms with Gasteiger partial charge in [-0.05, 0) is 36.8 Å². The second-order valence-electron chi connectivity index (χ2n) is 7.81. The number of primary amides is 1. The van der Waals surface area contributed by atoms with Crippen LogP contribution in [0.3, 0.4) is 0 Å². The molecule has 1 saturated heterocycles. The topological polar surface area (TPSA) is 132 Å². The van der Waals surface area contributed by atoms with Crippen molar-refractivity contribution in [1.82, 2.24) is 5.32 Å². The van der Waals surface area contributed by atoms with Crippen LogP contribution in [0, 0.1) is 11.7 Å². The smallest absolute Gasteiger partial charge is 0.250 e. The van der Waals surface area contributed by atoms with E-state index in [9.17, 15) is 18.8 Å². The Bertz CT molecular complexity index is 1110. The first-order valence-electron chi connectivity index (χ1n) is 9.99. The van der Waals surface area contributed by atoms with Crippen LogP contribution in [0.4, 0.5) is 15.8 Å². The van der Waals surface area contributed by atoms with E-state index < -0.39 is 41.0 Å². The lowest BCUT2D eigenvalue weighted by Gasteiger charge is -2.29. The molecular weight excluding hydrogens is 419 g/mol. The maximum Gasteiger partial charge on any atom is 0.250 e. The van der Waals surface area contributed by atoms with Gasteiger partial charge in [-0.1, -0.05) is 0 Å². The van der Waals surface area contributed by atoms with Gasteiger partial charge in [-0.15, -0.1) is 0 Å². The molecule has 3 atom stereocenters. The molecule has 2 aliphatic rings. The highest BCUT2D eigenvalue weighted by Gasteiger charge is 2.60. The highest BCUT2D eigenvalue weighted by atomic mass is 19.1. The van der Waals surface area contributed by atoms with E-state index in [0.717, 1.165) is 0 Å². The number of hydrogen-bond donors (Lipinski definition) is 4. The van der Waals surface area contributed by atoms with Crippen molar-refractivity contribution < 1.29 is 28.2 Å². The lowest BCUT2D eigenvalue weighted by molar-refractivity contribution is -0.130. The average molecular weight is 442 g/mol. The van der Waals surface area contributed by atoms with Gasteiger partial charge in [0.15, 0.2) is 0 Å². The quantitative estimate of drug-likeness (QED) is 0.536. The Balaban J connectivity index is 1.75. The number of nitrogens with two attached hydrogens (primary N) is 1. The molecule has 0 radical (unpaired) electrons. The number of hydrogen-bond acceptors (Lipinski definition) is 6. The SMILES string of the molecule is COc1ccc(OC)c(NC(=O)[C@H]2C[C@H](CC(N)=O)N[C@]23C(=O)Nc2ccc(F)cc23)c1. The summed E-state index contributed by atoms with van der Waals surface area (Å²) >= 11 is 0. The van der Waals surface area contributed by atoms with Gasteiger partial charge in [-0.2, -0.15) is 0 Å². The maximum atomic E-state index is 14.1. The molecule has 0 bridgehead atoms. The van der Waals surface area contributed by atoms with Crippen molar-refractivity contribution in [3.63, 3.8) is 0 Å². The van der Waals surface area contributed by atoms with Crippen LogP contribution in [-0.2, 0) is 19.9 Å². The van der Waals surface area contributed by atoms with Gasteiger partial charge < -0.3 is 25.8 Å². The van der Waals surface area contributed by atoms with Gasteiger partial charge in [0, 0.05) is 29.8 Å². The van der Waals surface area contributed by atoms with Crippen molar-refractivity contribution in [3.05, 3.63) is 47.8 Å². The number of fused-ring (bicyclic) bond motifs is 2. The molecule has 3 amide bonds. The lowest BCUT2D eigenvalue weighted by Crippen LogP contribution is -2.52. The molecule has 0 unspecified atom stereocenters. The number of amides is 3. The molecule has 9 nitrogen and oxygen atoms in total. The average Bonchev–Trinajstić information content (AvgIpc) is 3.26. The summed E-state index contributed by atoms with van der Waals surface area (Å²) in [6.45, 7) is 0. The zero-order valence-corrected chi connectivity index (χ0v) is 17.5. The second kappa shape index (κ2) is 8.12. The van der Waals surface area contributed by atoms with Crippen LogP contribution in [0.5, 0.6) is 11.5 Å². The molecule has 2 heterocycles. The summed E-state index contributed by atoms with van der Waals surface area (Å²) in [7, 11) is 2.95. The third-order valence-electron chi connectivity index (χ3n) is 5.92. The minimum atomic E-state index is -1.55. The number of anilines is 2. The first kappa shape index (κ1) is 21.6. The van der Waals surface area contributed by atoms with Crippen molar-refractivity contribution in [3.8, 4) is 11.5 Å². The number of benzene rings is 2. The molecule has 2 aromatic rings. The van der Waals surface area contributed by atoms with E-state index in [1.807, 2.05) is 0 Å². The van der Waals surface area contributed by atoms with Gasteiger partial charge in [0.05, 0.1) is 25.8 Å². The summed E-state index contributed by atoms with van der Waals surface area (Å²) in [5.41, 5.74) is 4.87. The molecule has 1 spiro atoms. The van der Waals surface area contributed by atoms with Crippen LogP contribution in [-0.4, -0.2) is 38.0 Å². The number of nitrogens with one attached hydrogen (secondary N) is 3. The molecule has 0 saturated carbocycles. The van der Waals surface area contributed by atoms with E-state index in [-0.39, 0.29) is 12.8 Å². The molecule has 4 rings (SSSR count). The molecule has 5 N–H and O–H groups in total. The molecule has 32 heavy (non-hydrogen) atoms. The minimum Gasteiger partial charge on any atom is -0.497 e. The number of carbonyl (C=O) groups excluding carboxylic acids is 3. The van der Waals surface area contributed by atoms with Crippen LogP contribution in [0.15, 0.2) is 36.4 Å². The van der Waals surface area contributed by atoms with Gasteiger partial charge in [0.2, 0.25) is 17.7 Å². The predicted molar refractivity (Wildman–Crippen MR) is 114 cm³/mol. The van der Waals surface area contributed by atoms with E-state index in [1.165, 1.54) is 32.4 Å². The van der Waals surface area contributed by atoms with Crippen molar-refractivity contribution in [1.29, 1.82) is 0 Å². The monoisotopic (exact) mass is 442 g/mol. The van der Waals surface area contributed by atoms with Gasteiger partial charge in [0.1, 0.15) is 22.9 Å². The van der Waals surface area contributed by atoms with E-state index in [4.69, 9.17) is 15.2 Å². The summed E-state index contributed by atoms with van der Waals surface area (Å²) in [5, 5.41) is 8.61. The Morgan fingerprint density at radius 1 is 1.22 bits per heavy atom. The number of ether oxygens (including phenoxy) is 2. The van der Waals surface area contributed by atoms with Crippen LogP contribution < -0.4 is 31.2 Å². The molecular formula is C22H23FN4O5.